The summed E-state index contributed by atoms with van der Waals surface area (Å²) in [5, 5.41) is 3.71. The second-order valence-electron chi connectivity index (χ2n) is 5.73. The first kappa shape index (κ1) is 11.4. The molecule has 1 aliphatic carbocycles. The molecule has 2 fully saturated rings. The van der Waals surface area contributed by atoms with E-state index in [-0.39, 0.29) is 0 Å². The number of rotatable bonds is 5. The average Bonchev–Trinajstić information content (AvgIpc) is 3.02. The van der Waals surface area contributed by atoms with Crippen molar-refractivity contribution in [3.8, 4) is 0 Å². The molecular weight excluding hydrogens is 184 g/mol. The second kappa shape index (κ2) is 4.84. The summed E-state index contributed by atoms with van der Waals surface area (Å²) in [5.41, 5.74) is 0.714. The molecule has 15 heavy (non-hydrogen) atoms. The molecule has 2 rings (SSSR count). The molecule has 0 aromatic rings. The molecule has 1 N–H and O–H groups in total. The lowest BCUT2D eigenvalue weighted by atomic mass is 9.96. The molecule has 1 saturated carbocycles. The van der Waals surface area contributed by atoms with E-state index in [0.29, 0.717) is 5.41 Å². The van der Waals surface area contributed by atoms with Crippen LogP contribution in [0, 0.1) is 11.3 Å². The van der Waals surface area contributed by atoms with E-state index in [9.17, 15) is 0 Å². The topological polar surface area (TPSA) is 15.3 Å². The minimum absolute atomic E-state index is 0.714. The van der Waals surface area contributed by atoms with Crippen LogP contribution in [0.1, 0.15) is 39.0 Å². The third-order valence-corrected chi connectivity index (χ3v) is 4.48. The van der Waals surface area contributed by atoms with E-state index < -0.39 is 0 Å². The molecule has 0 radical (unpaired) electrons. The lowest BCUT2D eigenvalue weighted by Gasteiger charge is -2.29. The molecule has 2 heteroatoms. The summed E-state index contributed by atoms with van der Waals surface area (Å²) in [5.74, 6) is 0.939. The van der Waals surface area contributed by atoms with Crippen LogP contribution in [0.4, 0.5) is 0 Å². The first-order valence-corrected chi connectivity index (χ1v) is 6.63. The van der Waals surface area contributed by atoms with Gasteiger partial charge in [0.1, 0.15) is 0 Å². The normalized spacial score (nSPS) is 26.8. The van der Waals surface area contributed by atoms with Crippen molar-refractivity contribution in [2.24, 2.45) is 11.3 Å². The van der Waals surface area contributed by atoms with E-state index in [0.717, 1.165) is 5.92 Å². The monoisotopic (exact) mass is 210 g/mol. The Hall–Kier alpha value is -0.0800. The van der Waals surface area contributed by atoms with Crippen LogP contribution in [0.2, 0.25) is 0 Å². The molecule has 2 nitrogen and oxygen atoms in total. The van der Waals surface area contributed by atoms with Crippen molar-refractivity contribution in [1.29, 1.82) is 0 Å². The van der Waals surface area contributed by atoms with Crippen LogP contribution in [-0.2, 0) is 0 Å². The van der Waals surface area contributed by atoms with Crippen LogP contribution in [0.3, 0.4) is 0 Å². The Morgan fingerprint density at radius 1 is 1.27 bits per heavy atom. The Kier molecular flexibility index (Phi) is 3.68. The van der Waals surface area contributed by atoms with E-state index in [4.69, 9.17) is 0 Å². The number of nitrogens with one attached hydrogen (secondary N) is 1. The third kappa shape index (κ3) is 3.18. The van der Waals surface area contributed by atoms with Gasteiger partial charge in [-0.05, 0) is 70.1 Å². The first-order valence-electron chi connectivity index (χ1n) is 6.63. The van der Waals surface area contributed by atoms with Gasteiger partial charge in [0.25, 0.3) is 0 Å². The predicted octanol–water partition coefficient (Wildman–Crippen LogP) is 2.11. The van der Waals surface area contributed by atoms with Crippen LogP contribution < -0.4 is 5.32 Å². The zero-order valence-corrected chi connectivity index (χ0v) is 10.4. The molecule has 0 atom stereocenters. The highest BCUT2D eigenvalue weighted by Gasteiger charge is 2.39. The van der Waals surface area contributed by atoms with E-state index in [2.05, 4.69) is 24.2 Å². The number of piperidine rings is 1. The predicted molar refractivity (Wildman–Crippen MR) is 65.0 cm³/mol. The van der Waals surface area contributed by atoms with Crippen LogP contribution in [0.25, 0.3) is 0 Å². The van der Waals surface area contributed by atoms with Crippen molar-refractivity contribution >= 4 is 0 Å². The summed E-state index contributed by atoms with van der Waals surface area (Å²) in [4.78, 5) is 2.45. The van der Waals surface area contributed by atoms with Crippen molar-refractivity contribution in [2.45, 2.75) is 39.0 Å². The van der Waals surface area contributed by atoms with E-state index in [1.165, 1.54) is 58.3 Å². The standard InChI is InChI=1S/C13H26N2/c1-3-13(6-7-13)11-14-10-12-4-8-15(2)9-5-12/h12,14H,3-11H2,1-2H3. The Morgan fingerprint density at radius 3 is 2.47 bits per heavy atom. The van der Waals surface area contributed by atoms with Crippen molar-refractivity contribution in [3.63, 3.8) is 0 Å². The molecule has 0 aromatic heterocycles. The number of nitrogens with zero attached hydrogens (tertiary/aromatic N) is 1. The largest absolute Gasteiger partial charge is 0.316 e. The van der Waals surface area contributed by atoms with Gasteiger partial charge < -0.3 is 10.2 Å². The zero-order valence-electron chi connectivity index (χ0n) is 10.4. The molecule has 1 saturated heterocycles. The summed E-state index contributed by atoms with van der Waals surface area (Å²) in [7, 11) is 2.24. The van der Waals surface area contributed by atoms with Crippen LogP contribution >= 0.6 is 0 Å². The number of hydrogen-bond donors (Lipinski definition) is 1. The lowest BCUT2D eigenvalue weighted by Crippen LogP contribution is -2.36. The third-order valence-electron chi connectivity index (χ3n) is 4.48. The minimum Gasteiger partial charge on any atom is -0.316 e. The zero-order chi connectivity index (χ0) is 10.7. The number of hydrogen-bond acceptors (Lipinski definition) is 2. The average molecular weight is 210 g/mol. The SMILES string of the molecule is CCC1(CNCC2CCN(C)CC2)CC1. The van der Waals surface area contributed by atoms with E-state index in [1.807, 2.05) is 0 Å². The van der Waals surface area contributed by atoms with Gasteiger partial charge in [-0.2, -0.15) is 0 Å². The fraction of sp³-hybridized carbons (Fsp3) is 1.00. The first-order chi connectivity index (χ1) is 7.24. The molecular formula is C13H26N2. The number of likely N-dealkylation sites (tertiary alicyclic amines) is 1. The van der Waals surface area contributed by atoms with Crippen molar-refractivity contribution in [3.05, 3.63) is 0 Å². The Balaban J connectivity index is 1.58. The Labute approximate surface area is 94.4 Å². The molecule has 0 unspecified atom stereocenters. The van der Waals surface area contributed by atoms with Crippen LogP contribution in [0.15, 0.2) is 0 Å². The van der Waals surface area contributed by atoms with Crippen molar-refractivity contribution in [1.82, 2.24) is 10.2 Å². The Bertz CT molecular complexity index is 191. The summed E-state index contributed by atoms with van der Waals surface area (Å²) < 4.78 is 0. The molecule has 2 aliphatic rings. The molecule has 1 heterocycles. The van der Waals surface area contributed by atoms with Gasteiger partial charge in [0.15, 0.2) is 0 Å². The van der Waals surface area contributed by atoms with Crippen LogP contribution in [0.5, 0.6) is 0 Å². The van der Waals surface area contributed by atoms with Gasteiger partial charge in [-0.15, -0.1) is 0 Å². The van der Waals surface area contributed by atoms with Crippen molar-refractivity contribution in [2.75, 3.05) is 33.2 Å². The maximum atomic E-state index is 3.71. The molecule has 88 valence electrons. The maximum absolute atomic E-state index is 3.71. The molecule has 1 aliphatic heterocycles. The molecule has 0 spiro atoms. The fourth-order valence-corrected chi connectivity index (χ4v) is 2.64. The summed E-state index contributed by atoms with van der Waals surface area (Å²) in [6, 6.07) is 0. The van der Waals surface area contributed by atoms with Gasteiger partial charge in [0.05, 0.1) is 0 Å². The van der Waals surface area contributed by atoms with Crippen molar-refractivity contribution < 1.29 is 0 Å². The minimum atomic E-state index is 0.714. The second-order valence-corrected chi connectivity index (χ2v) is 5.73. The molecule has 0 amide bonds. The smallest absolute Gasteiger partial charge is 0.000783 e. The quantitative estimate of drug-likeness (QED) is 0.747. The maximum Gasteiger partial charge on any atom is 0.000783 e. The summed E-state index contributed by atoms with van der Waals surface area (Å²) in [6.07, 6.45) is 7.08. The van der Waals surface area contributed by atoms with Crippen LogP contribution in [-0.4, -0.2) is 38.1 Å². The summed E-state index contributed by atoms with van der Waals surface area (Å²) in [6.45, 7) is 7.46. The van der Waals surface area contributed by atoms with Gasteiger partial charge in [-0.1, -0.05) is 6.92 Å². The highest BCUT2D eigenvalue weighted by atomic mass is 15.1. The summed E-state index contributed by atoms with van der Waals surface area (Å²) >= 11 is 0. The molecule has 0 aromatic carbocycles. The van der Waals surface area contributed by atoms with Gasteiger partial charge >= 0.3 is 0 Å². The fourth-order valence-electron chi connectivity index (χ4n) is 2.64. The highest BCUT2D eigenvalue weighted by molar-refractivity contribution is 4.93. The highest BCUT2D eigenvalue weighted by Crippen LogP contribution is 2.47. The van der Waals surface area contributed by atoms with Gasteiger partial charge in [-0.3, -0.25) is 0 Å². The van der Waals surface area contributed by atoms with Gasteiger partial charge in [0, 0.05) is 6.54 Å². The van der Waals surface area contributed by atoms with Gasteiger partial charge in [0.2, 0.25) is 0 Å². The lowest BCUT2D eigenvalue weighted by molar-refractivity contribution is 0.213. The van der Waals surface area contributed by atoms with E-state index >= 15 is 0 Å². The van der Waals surface area contributed by atoms with E-state index in [1.54, 1.807) is 0 Å². The van der Waals surface area contributed by atoms with Gasteiger partial charge in [-0.25, -0.2) is 0 Å². The molecule has 0 bridgehead atoms. The Morgan fingerprint density at radius 2 is 1.93 bits per heavy atom.